The van der Waals surface area contributed by atoms with Crippen LogP contribution in [0, 0.1) is 10.1 Å². The van der Waals surface area contributed by atoms with E-state index in [9.17, 15) is 14.9 Å². The van der Waals surface area contributed by atoms with Crippen LogP contribution in [-0.2, 0) is 0 Å². The van der Waals surface area contributed by atoms with Crippen LogP contribution in [0.1, 0.15) is 29.0 Å². The van der Waals surface area contributed by atoms with Gasteiger partial charge in [-0.25, -0.2) is 0 Å². The maximum absolute atomic E-state index is 12.8. The van der Waals surface area contributed by atoms with Gasteiger partial charge in [0.25, 0.3) is 11.6 Å². The molecule has 4 aromatic rings. The lowest BCUT2D eigenvalue weighted by molar-refractivity contribution is -0.384. The molecule has 0 saturated carbocycles. The molecule has 0 bridgehead atoms. The number of nitro benzene ring substituents is 1. The Balaban J connectivity index is 1.52. The van der Waals surface area contributed by atoms with Crippen LogP contribution in [0.3, 0.4) is 0 Å². The number of aromatic amines is 1. The van der Waals surface area contributed by atoms with Gasteiger partial charge in [-0.1, -0.05) is 6.07 Å². The average Bonchev–Trinajstić information content (AvgIpc) is 3.36. The van der Waals surface area contributed by atoms with E-state index in [1.807, 2.05) is 19.1 Å². The first-order valence-corrected chi connectivity index (χ1v) is 10.8. The summed E-state index contributed by atoms with van der Waals surface area (Å²) in [6.45, 7) is 1.84. The molecule has 2 heterocycles. The van der Waals surface area contributed by atoms with Crippen LogP contribution in [0.2, 0.25) is 0 Å². The van der Waals surface area contributed by atoms with Gasteiger partial charge in [-0.05, 0) is 43.3 Å². The number of carbonyl (C=O) groups excluding carboxylic acids is 1. The number of carbonyl (C=O) groups is 1. The number of hydrogen-bond acceptors (Lipinski definition) is 9. The summed E-state index contributed by atoms with van der Waals surface area (Å²) in [7, 11) is 3.06. The molecule has 1 unspecified atom stereocenters. The number of H-pyrrole nitrogens is 1. The fraction of sp³-hybridized carbons (Fsp3) is 0.167. The van der Waals surface area contributed by atoms with E-state index in [-0.39, 0.29) is 28.9 Å². The number of pyridine rings is 1. The second-order valence-corrected chi connectivity index (χ2v) is 7.64. The molecule has 0 fully saturated rings. The number of nitro groups is 1. The van der Waals surface area contributed by atoms with E-state index in [1.54, 1.807) is 37.6 Å². The quantitative estimate of drug-likeness (QED) is 0.231. The van der Waals surface area contributed by atoms with Gasteiger partial charge >= 0.3 is 0 Å². The van der Waals surface area contributed by atoms with Crippen molar-refractivity contribution in [2.24, 2.45) is 0 Å². The van der Waals surface area contributed by atoms with Gasteiger partial charge < -0.3 is 14.8 Å². The molecular formula is C24H23N7O5. The number of anilines is 2. The summed E-state index contributed by atoms with van der Waals surface area (Å²) in [5.41, 5.74) is 1.43. The zero-order valence-corrected chi connectivity index (χ0v) is 19.7. The molecular weight excluding hydrogens is 466 g/mol. The van der Waals surface area contributed by atoms with Gasteiger partial charge in [-0.3, -0.25) is 30.3 Å². The van der Waals surface area contributed by atoms with Crippen molar-refractivity contribution in [2.75, 3.05) is 24.9 Å². The number of rotatable bonds is 9. The van der Waals surface area contributed by atoms with Crippen molar-refractivity contribution in [3.05, 3.63) is 82.2 Å². The maximum atomic E-state index is 12.8. The topological polar surface area (TPSA) is 157 Å². The Kier molecular flexibility index (Phi) is 7.04. The molecule has 36 heavy (non-hydrogen) atoms. The van der Waals surface area contributed by atoms with Crippen molar-refractivity contribution in [3.63, 3.8) is 0 Å². The largest absolute Gasteiger partial charge is 0.497 e. The number of aromatic nitrogens is 4. The molecule has 12 nitrogen and oxygen atoms in total. The summed E-state index contributed by atoms with van der Waals surface area (Å²) in [5.74, 6) is 0.870. The number of benzene rings is 2. The summed E-state index contributed by atoms with van der Waals surface area (Å²) < 4.78 is 10.6. The van der Waals surface area contributed by atoms with Crippen molar-refractivity contribution in [1.29, 1.82) is 0 Å². The number of methoxy groups -OCH3 is 2. The van der Waals surface area contributed by atoms with Gasteiger partial charge in [-0.15, -0.1) is 5.10 Å². The normalized spacial score (nSPS) is 11.4. The van der Waals surface area contributed by atoms with Crippen molar-refractivity contribution in [1.82, 2.24) is 20.2 Å². The van der Waals surface area contributed by atoms with Gasteiger partial charge in [0.1, 0.15) is 17.2 Å². The Bertz CT molecular complexity index is 1390. The molecule has 3 N–H and O–H groups in total. The highest BCUT2D eigenvalue weighted by atomic mass is 16.6. The van der Waals surface area contributed by atoms with Gasteiger partial charge in [0.15, 0.2) is 5.82 Å². The third-order valence-electron chi connectivity index (χ3n) is 5.33. The molecule has 0 saturated heterocycles. The Morgan fingerprint density at radius 3 is 2.64 bits per heavy atom. The van der Waals surface area contributed by atoms with E-state index in [2.05, 4.69) is 30.8 Å². The lowest BCUT2D eigenvalue weighted by Crippen LogP contribution is -2.14. The minimum atomic E-state index is -0.602. The highest BCUT2D eigenvalue weighted by Crippen LogP contribution is 2.32. The second kappa shape index (κ2) is 10.5. The van der Waals surface area contributed by atoms with E-state index in [1.165, 1.54) is 25.3 Å². The van der Waals surface area contributed by atoms with E-state index < -0.39 is 10.8 Å². The van der Waals surface area contributed by atoms with Gasteiger partial charge in [0.2, 0.25) is 5.95 Å². The number of nitrogens with one attached hydrogen (secondary N) is 3. The smallest absolute Gasteiger partial charge is 0.293 e. The molecule has 184 valence electrons. The molecule has 0 aliphatic heterocycles. The Hall–Kier alpha value is -5.00. The third kappa shape index (κ3) is 5.22. The van der Waals surface area contributed by atoms with Crippen molar-refractivity contribution >= 4 is 23.2 Å². The summed E-state index contributed by atoms with van der Waals surface area (Å²) in [4.78, 5) is 32.5. The van der Waals surface area contributed by atoms with Crippen LogP contribution in [0.4, 0.5) is 17.3 Å². The van der Waals surface area contributed by atoms with Crippen LogP contribution in [0.15, 0.2) is 60.8 Å². The summed E-state index contributed by atoms with van der Waals surface area (Å²) in [6, 6.07) is 14.5. The maximum Gasteiger partial charge on any atom is 0.293 e. The lowest BCUT2D eigenvalue weighted by Gasteiger charge is -2.15. The van der Waals surface area contributed by atoms with Crippen LogP contribution in [0.5, 0.6) is 11.5 Å². The van der Waals surface area contributed by atoms with E-state index in [4.69, 9.17) is 9.47 Å². The lowest BCUT2D eigenvalue weighted by atomic mass is 10.1. The fourth-order valence-electron chi connectivity index (χ4n) is 3.49. The van der Waals surface area contributed by atoms with Gasteiger partial charge in [0, 0.05) is 23.9 Å². The molecule has 1 amide bonds. The summed E-state index contributed by atoms with van der Waals surface area (Å²) >= 11 is 0. The van der Waals surface area contributed by atoms with Gasteiger partial charge in [0.05, 0.1) is 36.4 Å². The number of amides is 1. The summed E-state index contributed by atoms with van der Waals surface area (Å²) in [6.07, 6.45) is 1.65. The first-order chi connectivity index (χ1) is 17.4. The second-order valence-electron chi connectivity index (χ2n) is 7.64. The van der Waals surface area contributed by atoms with Crippen molar-refractivity contribution in [2.45, 2.75) is 13.0 Å². The molecule has 1 atom stereocenters. The molecule has 2 aromatic carbocycles. The first-order valence-electron chi connectivity index (χ1n) is 10.8. The standard InChI is InChI=1S/C24H23N7O5/c1-14(18-6-4-5-11-25-18)26-19-10-7-15(12-20(19)31(33)34)23(32)28-24-27-22(29-30-24)17-9-8-16(35-2)13-21(17)36-3/h4-14,26H,1-3H3,(H2,27,28,29,30,32). The Morgan fingerprint density at radius 2 is 1.94 bits per heavy atom. The SMILES string of the molecule is COc1ccc(-c2nc(NC(=O)c3ccc(NC(C)c4ccccn4)c([N+](=O)[O-])c3)n[nH]2)c(OC)c1. The minimum absolute atomic E-state index is 0.00139. The van der Waals surface area contributed by atoms with E-state index in [0.717, 1.165) is 5.69 Å². The fourth-order valence-corrected chi connectivity index (χ4v) is 3.49. The number of hydrogen-bond donors (Lipinski definition) is 3. The van der Waals surface area contributed by atoms with Crippen LogP contribution in [-0.4, -0.2) is 45.2 Å². The predicted octanol–water partition coefficient (Wildman–Crippen LogP) is 4.22. The zero-order valence-electron chi connectivity index (χ0n) is 19.7. The van der Waals surface area contributed by atoms with Crippen LogP contribution in [0.25, 0.3) is 11.4 Å². The first kappa shape index (κ1) is 24.1. The minimum Gasteiger partial charge on any atom is -0.497 e. The Labute approximate surface area is 205 Å². The molecule has 12 heteroatoms. The Morgan fingerprint density at radius 1 is 1.11 bits per heavy atom. The van der Waals surface area contributed by atoms with Crippen LogP contribution >= 0.6 is 0 Å². The molecule has 0 aliphatic carbocycles. The summed E-state index contributed by atoms with van der Waals surface area (Å²) in [5, 5.41) is 24.1. The molecule has 0 spiro atoms. The number of nitrogens with zero attached hydrogens (tertiary/aromatic N) is 4. The molecule has 2 aromatic heterocycles. The zero-order chi connectivity index (χ0) is 25.7. The van der Waals surface area contributed by atoms with E-state index in [0.29, 0.717) is 22.9 Å². The predicted molar refractivity (Wildman–Crippen MR) is 132 cm³/mol. The van der Waals surface area contributed by atoms with Crippen molar-refractivity contribution < 1.29 is 19.2 Å². The monoisotopic (exact) mass is 489 g/mol. The highest BCUT2D eigenvalue weighted by molar-refractivity contribution is 6.04. The molecule has 0 radical (unpaired) electrons. The van der Waals surface area contributed by atoms with E-state index >= 15 is 0 Å². The molecule has 0 aliphatic rings. The number of ether oxygens (including phenoxy) is 2. The molecule has 4 rings (SSSR count). The third-order valence-corrected chi connectivity index (χ3v) is 5.33. The van der Waals surface area contributed by atoms with Crippen molar-refractivity contribution in [3.8, 4) is 22.9 Å². The van der Waals surface area contributed by atoms with Gasteiger partial charge in [-0.2, -0.15) is 4.98 Å². The highest BCUT2D eigenvalue weighted by Gasteiger charge is 2.21. The average molecular weight is 489 g/mol. The van der Waals surface area contributed by atoms with Crippen LogP contribution < -0.4 is 20.1 Å².